The Bertz CT molecular complexity index is 425. The highest BCUT2D eigenvalue weighted by molar-refractivity contribution is 6.04. The minimum Gasteiger partial charge on any atom is -0.390 e. The molecule has 0 atom stereocenters. The van der Waals surface area contributed by atoms with Crippen LogP contribution in [0.3, 0.4) is 0 Å². The Hall–Kier alpha value is -1.39. The van der Waals surface area contributed by atoms with Gasteiger partial charge in [-0.2, -0.15) is 0 Å². The molecule has 19 heavy (non-hydrogen) atoms. The predicted octanol–water partition coefficient (Wildman–Crippen LogP) is 2.75. The first kappa shape index (κ1) is 14.0. The average Bonchev–Trinajstić information content (AvgIpc) is 2.83. The molecule has 1 aliphatic rings. The van der Waals surface area contributed by atoms with Gasteiger partial charge in [0, 0.05) is 18.8 Å². The highest BCUT2D eigenvalue weighted by atomic mass is 16.7. The monoisotopic (exact) mass is 263 g/mol. The van der Waals surface area contributed by atoms with E-state index in [1.807, 2.05) is 19.9 Å². The quantitative estimate of drug-likeness (QED) is 0.561. The second-order valence-corrected chi connectivity index (χ2v) is 4.33. The molecule has 0 aliphatic heterocycles. The van der Waals surface area contributed by atoms with E-state index in [0.29, 0.717) is 19.8 Å². The van der Waals surface area contributed by atoms with Crippen LogP contribution in [0.4, 0.5) is 0 Å². The number of fused-ring (bicyclic) bond motifs is 1. The summed E-state index contributed by atoms with van der Waals surface area (Å²) >= 11 is 0. The summed E-state index contributed by atoms with van der Waals surface area (Å²) in [5.74, 6) is 0. The van der Waals surface area contributed by atoms with Crippen LogP contribution in [-0.4, -0.2) is 31.8 Å². The summed E-state index contributed by atoms with van der Waals surface area (Å²) < 4.78 is 10.8. The molecule has 0 fully saturated rings. The van der Waals surface area contributed by atoms with E-state index in [0.717, 1.165) is 18.6 Å². The maximum atomic E-state index is 5.40. The van der Waals surface area contributed by atoms with Gasteiger partial charge in [-0.3, -0.25) is 0 Å². The number of hydrogen-bond donors (Lipinski definition) is 0. The number of hydrogen-bond acceptors (Lipinski definition) is 4. The molecule has 0 N–H and O–H groups in total. The number of ether oxygens (including phenoxy) is 2. The second-order valence-electron chi connectivity index (χ2n) is 4.33. The minimum atomic E-state index is -0.337. The molecule has 4 heteroatoms. The summed E-state index contributed by atoms with van der Waals surface area (Å²) in [6, 6.07) is 8.32. The van der Waals surface area contributed by atoms with Gasteiger partial charge in [-0.05, 0) is 32.3 Å². The smallest absolute Gasteiger partial charge is 0.194 e. The zero-order valence-electron chi connectivity index (χ0n) is 11.6. The predicted molar refractivity (Wildman–Crippen MR) is 74.3 cm³/mol. The van der Waals surface area contributed by atoms with Crippen molar-refractivity contribution in [2.45, 2.75) is 33.0 Å². The number of nitrogens with zero attached hydrogens (tertiary/aromatic N) is 1. The van der Waals surface area contributed by atoms with Gasteiger partial charge in [0.2, 0.25) is 0 Å². The van der Waals surface area contributed by atoms with Crippen LogP contribution in [0.15, 0.2) is 29.4 Å². The van der Waals surface area contributed by atoms with Crippen LogP contribution in [0.5, 0.6) is 0 Å². The van der Waals surface area contributed by atoms with Crippen LogP contribution in [0.1, 0.15) is 31.4 Å². The first-order chi connectivity index (χ1) is 9.35. The van der Waals surface area contributed by atoms with E-state index in [-0.39, 0.29) is 6.29 Å². The first-order valence-electron chi connectivity index (χ1n) is 6.85. The molecule has 0 aromatic heterocycles. The molecule has 104 valence electrons. The SMILES string of the molecule is CCOC(CO/N=C1\CCc2ccccc21)OCC. The second kappa shape index (κ2) is 7.26. The zero-order chi connectivity index (χ0) is 13.5. The molecule has 2 rings (SSSR count). The van der Waals surface area contributed by atoms with E-state index in [1.165, 1.54) is 11.1 Å². The number of oxime groups is 1. The maximum absolute atomic E-state index is 5.40. The Morgan fingerprint density at radius 1 is 1.11 bits per heavy atom. The van der Waals surface area contributed by atoms with Crippen molar-refractivity contribution in [3.63, 3.8) is 0 Å². The maximum Gasteiger partial charge on any atom is 0.194 e. The summed E-state index contributed by atoms with van der Waals surface area (Å²) in [4.78, 5) is 5.38. The highest BCUT2D eigenvalue weighted by Gasteiger charge is 2.17. The molecule has 0 unspecified atom stereocenters. The Morgan fingerprint density at radius 2 is 1.84 bits per heavy atom. The zero-order valence-corrected chi connectivity index (χ0v) is 11.6. The standard InChI is InChI=1S/C15H21NO3/c1-3-17-15(18-4-2)11-19-16-14-10-9-12-7-5-6-8-13(12)14/h5-8,15H,3-4,9-11H2,1-2H3/b16-14+. The van der Waals surface area contributed by atoms with Crippen molar-refractivity contribution in [3.8, 4) is 0 Å². The Morgan fingerprint density at radius 3 is 2.58 bits per heavy atom. The lowest BCUT2D eigenvalue weighted by Gasteiger charge is -2.15. The van der Waals surface area contributed by atoms with E-state index in [1.54, 1.807) is 0 Å². The van der Waals surface area contributed by atoms with Crippen LogP contribution in [0.2, 0.25) is 0 Å². The topological polar surface area (TPSA) is 40.0 Å². The van der Waals surface area contributed by atoms with Crippen molar-refractivity contribution in [3.05, 3.63) is 35.4 Å². The van der Waals surface area contributed by atoms with Crippen molar-refractivity contribution in [2.24, 2.45) is 5.16 Å². The Labute approximate surface area is 114 Å². The first-order valence-corrected chi connectivity index (χ1v) is 6.85. The molecule has 4 nitrogen and oxygen atoms in total. The molecule has 0 heterocycles. The van der Waals surface area contributed by atoms with E-state index >= 15 is 0 Å². The van der Waals surface area contributed by atoms with Crippen LogP contribution in [-0.2, 0) is 20.7 Å². The van der Waals surface area contributed by atoms with Gasteiger partial charge in [0.1, 0.15) is 0 Å². The van der Waals surface area contributed by atoms with E-state index < -0.39 is 0 Å². The molecule has 0 spiro atoms. The van der Waals surface area contributed by atoms with Crippen LogP contribution in [0.25, 0.3) is 0 Å². The van der Waals surface area contributed by atoms with Gasteiger partial charge in [-0.15, -0.1) is 0 Å². The summed E-state index contributed by atoms with van der Waals surface area (Å²) in [6.07, 6.45) is 1.64. The summed E-state index contributed by atoms with van der Waals surface area (Å²) in [7, 11) is 0. The Kier molecular flexibility index (Phi) is 5.36. The van der Waals surface area contributed by atoms with Crippen LogP contribution >= 0.6 is 0 Å². The highest BCUT2D eigenvalue weighted by Crippen LogP contribution is 2.22. The van der Waals surface area contributed by atoms with Crippen molar-refractivity contribution in [1.29, 1.82) is 0 Å². The summed E-state index contributed by atoms with van der Waals surface area (Å²) in [5.41, 5.74) is 3.56. The van der Waals surface area contributed by atoms with E-state index in [2.05, 4.69) is 23.4 Å². The molecule has 1 aromatic carbocycles. The molecule has 0 saturated carbocycles. The van der Waals surface area contributed by atoms with E-state index in [9.17, 15) is 0 Å². The summed E-state index contributed by atoms with van der Waals surface area (Å²) in [5, 5.41) is 4.23. The molecular formula is C15H21NO3. The molecule has 1 aliphatic carbocycles. The largest absolute Gasteiger partial charge is 0.390 e. The third kappa shape index (κ3) is 3.78. The van der Waals surface area contributed by atoms with Gasteiger partial charge in [0.15, 0.2) is 12.9 Å². The van der Waals surface area contributed by atoms with Crippen molar-refractivity contribution in [1.82, 2.24) is 0 Å². The summed E-state index contributed by atoms with van der Waals surface area (Å²) in [6.45, 7) is 5.41. The van der Waals surface area contributed by atoms with Gasteiger partial charge in [0.05, 0.1) is 5.71 Å². The lowest BCUT2D eigenvalue weighted by Crippen LogP contribution is -2.22. The average molecular weight is 263 g/mol. The third-order valence-electron chi connectivity index (χ3n) is 3.05. The molecule has 0 saturated heterocycles. The normalized spacial score (nSPS) is 16.1. The lowest BCUT2D eigenvalue weighted by molar-refractivity contribution is -0.167. The van der Waals surface area contributed by atoms with Gasteiger partial charge < -0.3 is 14.3 Å². The fourth-order valence-electron chi connectivity index (χ4n) is 2.19. The lowest BCUT2D eigenvalue weighted by atomic mass is 10.1. The Balaban J connectivity index is 1.89. The van der Waals surface area contributed by atoms with Crippen molar-refractivity contribution >= 4 is 5.71 Å². The molecular weight excluding hydrogens is 242 g/mol. The molecule has 0 amide bonds. The van der Waals surface area contributed by atoms with Crippen molar-refractivity contribution in [2.75, 3.05) is 19.8 Å². The van der Waals surface area contributed by atoms with E-state index in [4.69, 9.17) is 14.3 Å². The fourth-order valence-corrected chi connectivity index (χ4v) is 2.19. The number of rotatable bonds is 7. The molecule has 1 aromatic rings. The van der Waals surface area contributed by atoms with Crippen LogP contribution in [0, 0.1) is 0 Å². The van der Waals surface area contributed by atoms with Gasteiger partial charge in [0.25, 0.3) is 0 Å². The molecule has 0 bridgehead atoms. The number of aryl methyl sites for hydroxylation is 1. The minimum absolute atomic E-state index is 0.327. The van der Waals surface area contributed by atoms with Crippen LogP contribution < -0.4 is 0 Å². The van der Waals surface area contributed by atoms with Gasteiger partial charge in [-0.25, -0.2) is 0 Å². The van der Waals surface area contributed by atoms with Gasteiger partial charge in [-0.1, -0.05) is 29.4 Å². The van der Waals surface area contributed by atoms with Gasteiger partial charge >= 0.3 is 0 Å². The number of benzene rings is 1. The van der Waals surface area contributed by atoms with Crippen molar-refractivity contribution < 1.29 is 14.3 Å². The molecule has 0 radical (unpaired) electrons. The fraction of sp³-hybridized carbons (Fsp3) is 0.533. The third-order valence-corrected chi connectivity index (χ3v) is 3.05.